The van der Waals surface area contributed by atoms with Gasteiger partial charge < -0.3 is 15.2 Å². The highest BCUT2D eigenvalue weighted by atomic mass is 35.5. The third kappa shape index (κ3) is 8.27. The van der Waals surface area contributed by atoms with Crippen LogP contribution in [0.4, 0.5) is 0 Å². The molecule has 1 unspecified atom stereocenters. The van der Waals surface area contributed by atoms with Crippen molar-refractivity contribution >= 4 is 23.2 Å². The normalized spacial score (nSPS) is 11.6. The van der Waals surface area contributed by atoms with E-state index in [1.165, 1.54) is 33.4 Å². The van der Waals surface area contributed by atoms with Crippen LogP contribution in [0.1, 0.15) is 46.6 Å². The molecule has 4 nitrogen and oxygen atoms in total. The lowest BCUT2D eigenvalue weighted by Crippen LogP contribution is -2.16. The molecular weight excluding hydrogens is 551 g/mol. The number of benzene rings is 4. The predicted octanol–water partition coefficient (Wildman–Crippen LogP) is 8.87. The highest BCUT2D eigenvalue weighted by Gasteiger charge is 2.15. The third-order valence-electron chi connectivity index (χ3n) is 7.20. The van der Waals surface area contributed by atoms with Crippen LogP contribution in [0, 0.1) is 25.2 Å². The molecule has 4 rings (SSSR count). The second-order valence-corrected chi connectivity index (χ2v) is 11.1. The maximum Gasteiger partial charge on any atom is 0.156 e. The van der Waals surface area contributed by atoms with Gasteiger partial charge in [0.05, 0.1) is 16.1 Å². The van der Waals surface area contributed by atoms with Crippen molar-refractivity contribution in [1.82, 2.24) is 0 Å². The van der Waals surface area contributed by atoms with E-state index in [9.17, 15) is 0 Å². The van der Waals surface area contributed by atoms with Gasteiger partial charge in [0.15, 0.2) is 5.75 Å². The van der Waals surface area contributed by atoms with Gasteiger partial charge in [-0.25, -0.2) is 0 Å². The van der Waals surface area contributed by atoms with E-state index < -0.39 is 0 Å². The van der Waals surface area contributed by atoms with Crippen molar-refractivity contribution in [2.75, 3.05) is 19.8 Å². The fourth-order valence-electron chi connectivity index (χ4n) is 5.13. The number of nitrogens with zero attached hydrogens (tertiary/aromatic N) is 1. The van der Waals surface area contributed by atoms with Crippen molar-refractivity contribution in [2.24, 2.45) is 5.73 Å². The van der Waals surface area contributed by atoms with E-state index in [-0.39, 0.29) is 5.92 Å². The van der Waals surface area contributed by atoms with Crippen LogP contribution < -0.4 is 15.2 Å². The molecule has 4 aromatic rings. The van der Waals surface area contributed by atoms with Crippen molar-refractivity contribution in [3.8, 4) is 28.7 Å². The Morgan fingerprint density at radius 1 is 0.878 bits per heavy atom. The van der Waals surface area contributed by atoms with Crippen molar-refractivity contribution < 1.29 is 9.47 Å². The van der Waals surface area contributed by atoms with Gasteiger partial charge in [0.25, 0.3) is 0 Å². The lowest BCUT2D eigenvalue weighted by atomic mass is 9.87. The Bertz CT molecular complexity index is 1470. The Hall–Kier alpha value is -3.49. The van der Waals surface area contributed by atoms with Crippen LogP contribution in [-0.2, 0) is 12.8 Å². The van der Waals surface area contributed by atoms with Gasteiger partial charge in [-0.2, -0.15) is 5.26 Å². The molecule has 0 heterocycles. The molecule has 0 spiro atoms. The SMILES string of the molecule is Cc1cc(Cl)c(OCCOc2ccc(CC(CN)c3ccc(-c4ccccc4CCCC#N)cc3C)cc2)c(Cl)c1. The Labute approximate surface area is 253 Å². The van der Waals surface area contributed by atoms with Crippen LogP contribution in [0.2, 0.25) is 10.0 Å². The summed E-state index contributed by atoms with van der Waals surface area (Å²) in [6.45, 7) is 5.36. The zero-order valence-corrected chi connectivity index (χ0v) is 25.1. The first kappa shape index (κ1) is 30.5. The van der Waals surface area contributed by atoms with Crippen LogP contribution in [0.15, 0.2) is 78.9 Å². The van der Waals surface area contributed by atoms with Crippen molar-refractivity contribution in [3.63, 3.8) is 0 Å². The van der Waals surface area contributed by atoms with Crippen LogP contribution in [-0.4, -0.2) is 19.8 Å². The van der Waals surface area contributed by atoms with Crippen LogP contribution in [0.25, 0.3) is 11.1 Å². The van der Waals surface area contributed by atoms with Gasteiger partial charge in [-0.3, -0.25) is 0 Å². The summed E-state index contributed by atoms with van der Waals surface area (Å²) in [5, 5.41) is 9.91. The van der Waals surface area contributed by atoms with Gasteiger partial charge in [-0.1, -0.05) is 77.8 Å². The Morgan fingerprint density at radius 3 is 2.27 bits per heavy atom. The lowest BCUT2D eigenvalue weighted by molar-refractivity contribution is 0.217. The number of rotatable bonds is 13. The molecule has 0 aliphatic rings. The molecule has 4 aromatic carbocycles. The monoisotopic (exact) mass is 586 g/mol. The number of ether oxygens (including phenoxy) is 2. The molecule has 0 aliphatic heterocycles. The minimum absolute atomic E-state index is 0.207. The Balaban J connectivity index is 1.35. The molecule has 0 aromatic heterocycles. The first-order chi connectivity index (χ1) is 19.9. The van der Waals surface area contributed by atoms with Gasteiger partial charge in [0, 0.05) is 12.3 Å². The number of halogens is 2. The van der Waals surface area contributed by atoms with E-state index in [0.717, 1.165) is 30.6 Å². The van der Waals surface area contributed by atoms with Crippen LogP contribution in [0.3, 0.4) is 0 Å². The highest BCUT2D eigenvalue weighted by Crippen LogP contribution is 2.34. The second-order valence-electron chi connectivity index (χ2n) is 10.3. The smallest absolute Gasteiger partial charge is 0.156 e. The number of aryl methyl sites for hydroxylation is 3. The molecule has 41 heavy (non-hydrogen) atoms. The van der Waals surface area contributed by atoms with Crippen molar-refractivity contribution in [3.05, 3.63) is 117 Å². The predicted molar refractivity (Wildman–Crippen MR) is 169 cm³/mol. The first-order valence-corrected chi connectivity index (χ1v) is 14.7. The third-order valence-corrected chi connectivity index (χ3v) is 7.77. The maximum absolute atomic E-state index is 8.92. The molecule has 2 N–H and O–H groups in total. The van der Waals surface area contributed by atoms with E-state index in [1.807, 2.05) is 31.2 Å². The van der Waals surface area contributed by atoms with Gasteiger partial charge in [-0.15, -0.1) is 0 Å². The summed E-state index contributed by atoms with van der Waals surface area (Å²) in [6.07, 6.45) is 3.19. The number of nitrogens with two attached hydrogens (primary N) is 1. The van der Waals surface area contributed by atoms with Gasteiger partial charge in [-0.05, 0) is 103 Å². The highest BCUT2D eigenvalue weighted by molar-refractivity contribution is 6.37. The Kier molecular flexibility index (Phi) is 11.1. The molecule has 0 aliphatic carbocycles. The summed E-state index contributed by atoms with van der Waals surface area (Å²) >= 11 is 12.5. The second kappa shape index (κ2) is 14.9. The molecule has 212 valence electrons. The van der Waals surface area contributed by atoms with Gasteiger partial charge in [0.2, 0.25) is 0 Å². The molecular formula is C35H36Cl2N2O2. The van der Waals surface area contributed by atoms with Crippen molar-refractivity contribution in [2.45, 2.75) is 45.4 Å². The minimum atomic E-state index is 0.207. The lowest BCUT2D eigenvalue weighted by Gasteiger charge is -2.20. The molecule has 6 heteroatoms. The number of hydrogen-bond acceptors (Lipinski definition) is 4. The summed E-state index contributed by atoms with van der Waals surface area (Å²) in [7, 11) is 0. The summed E-state index contributed by atoms with van der Waals surface area (Å²) in [5.41, 5.74) is 14.7. The fourth-order valence-corrected chi connectivity index (χ4v) is 5.84. The molecule has 0 saturated heterocycles. The summed E-state index contributed by atoms with van der Waals surface area (Å²) in [5.74, 6) is 1.46. The molecule has 0 radical (unpaired) electrons. The summed E-state index contributed by atoms with van der Waals surface area (Å²) in [4.78, 5) is 0. The molecule has 0 fully saturated rings. The molecule has 0 amide bonds. The minimum Gasteiger partial charge on any atom is -0.490 e. The zero-order chi connectivity index (χ0) is 29.2. The standard InChI is InChI=1S/C35H36Cl2N2O2/c1-24-19-33(36)35(34(37)20-24)41-18-17-40-30-13-10-26(11-14-30)22-29(23-39)31-15-12-28(21-25(31)2)32-9-4-3-7-27(32)8-5-6-16-38/h3-4,7,9-15,19-21,29H,5-6,8,17-18,22-23,39H2,1-2H3. The quantitative estimate of drug-likeness (QED) is 0.159. The average Bonchev–Trinajstić information content (AvgIpc) is 2.96. The topological polar surface area (TPSA) is 68.3 Å². The zero-order valence-electron chi connectivity index (χ0n) is 23.6. The molecule has 0 saturated carbocycles. The number of hydrogen-bond donors (Lipinski definition) is 1. The largest absolute Gasteiger partial charge is 0.490 e. The van der Waals surface area contributed by atoms with E-state index in [2.05, 4.69) is 67.6 Å². The Morgan fingerprint density at radius 2 is 1.59 bits per heavy atom. The van der Waals surface area contributed by atoms with Crippen LogP contribution >= 0.6 is 23.2 Å². The fraction of sp³-hybridized carbons (Fsp3) is 0.286. The van der Waals surface area contributed by atoms with E-state index in [0.29, 0.717) is 42.0 Å². The van der Waals surface area contributed by atoms with E-state index >= 15 is 0 Å². The van der Waals surface area contributed by atoms with E-state index in [1.54, 1.807) is 0 Å². The van der Waals surface area contributed by atoms with Gasteiger partial charge in [0.1, 0.15) is 19.0 Å². The van der Waals surface area contributed by atoms with Crippen LogP contribution in [0.5, 0.6) is 11.5 Å². The number of nitriles is 1. The van der Waals surface area contributed by atoms with E-state index in [4.69, 9.17) is 43.7 Å². The first-order valence-electron chi connectivity index (χ1n) is 14.0. The summed E-state index contributed by atoms with van der Waals surface area (Å²) < 4.78 is 11.6. The summed E-state index contributed by atoms with van der Waals surface area (Å²) in [6, 6.07) is 29.2. The maximum atomic E-state index is 8.92. The van der Waals surface area contributed by atoms with Gasteiger partial charge >= 0.3 is 0 Å². The average molecular weight is 588 g/mol. The number of unbranched alkanes of at least 4 members (excludes halogenated alkanes) is 1. The molecule has 1 atom stereocenters. The molecule has 0 bridgehead atoms. The van der Waals surface area contributed by atoms with Crippen molar-refractivity contribution in [1.29, 1.82) is 5.26 Å².